The average molecular weight is 377 g/mol. The summed E-state index contributed by atoms with van der Waals surface area (Å²) in [4.78, 5) is 0. The molecule has 0 amide bonds. The molecule has 2 rings (SSSR count). The maximum absolute atomic E-state index is 13.2. The van der Waals surface area contributed by atoms with Crippen LogP contribution in [0.4, 0.5) is 4.39 Å². The van der Waals surface area contributed by atoms with Crippen LogP contribution >= 0.6 is 11.6 Å². The lowest BCUT2D eigenvalue weighted by Gasteiger charge is -2.27. The first-order chi connectivity index (χ1) is 12.5. The van der Waals surface area contributed by atoms with E-state index in [0.717, 1.165) is 31.4 Å². The first kappa shape index (κ1) is 20.9. The highest BCUT2D eigenvalue weighted by atomic mass is 35.5. The Hall–Kier alpha value is -1.42. The Balaban J connectivity index is 1.88. The molecule has 142 valence electrons. The molecule has 2 aromatic carbocycles. The van der Waals surface area contributed by atoms with Gasteiger partial charge in [-0.15, -0.1) is 0 Å². The summed E-state index contributed by atoms with van der Waals surface area (Å²) in [6, 6.07) is 15.2. The average Bonchev–Trinajstić information content (AvgIpc) is 2.60. The quantitative estimate of drug-likeness (QED) is 0.573. The summed E-state index contributed by atoms with van der Waals surface area (Å²) >= 11 is 6.16. The van der Waals surface area contributed by atoms with Crippen LogP contribution in [0.3, 0.4) is 0 Å². The smallest absolute Gasteiger partial charge is 0.124 e. The Bertz CT molecular complexity index is 660. The van der Waals surface area contributed by atoms with Crippen molar-refractivity contribution < 1.29 is 4.39 Å². The maximum Gasteiger partial charge on any atom is 0.124 e. The molecule has 0 bridgehead atoms. The monoisotopic (exact) mass is 376 g/mol. The Morgan fingerprint density at radius 3 is 2.50 bits per heavy atom. The second-order valence-corrected chi connectivity index (χ2v) is 7.79. The van der Waals surface area contributed by atoms with Gasteiger partial charge in [0.25, 0.3) is 0 Å². The summed E-state index contributed by atoms with van der Waals surface area (Å²) in [5.74, 6) is 0.237. The minimum Gasteiger partial charge on any atom is -0.326 e. The molecule has 0 aliphatic rings. The van der Waals surface area contributed by atoms with E-state index in [9.17, 15) is 4.39 Å². The first-order valence-electron chi connectivity index (χ1n) is 9.42. The van der Waals surface area contributed by atoms with Crippen LogP contribution in [0, 0.1) is 11.7 Å². The van der Waals surface area contributed by atoms with E-state index in [1.807, 2.05) is 6.07 Å². The third kappa shape index (κ3) is 7.06. The van der Waals surface area contributed by atoms with Gasteiger partial charge >= 0.3 is 0 Å². The highest BCUT2D eigenvalue weighted by Gasteiger charge is 2.20. The summed E-state index contributed by atoms with van der Waals surface area (Å²) in [5, 5.41) is 4.08. The molecule has 2 nitrogen and oxygen atoms in total. The van der Waals surface area contributed by atoms with Crippen molar-refractivity contribution in [3.05, 3.63) is 70.5 Å². The van der Waals surface area contributed by atoms with Crippen molar-refractivity contribution >= 4 is 11.6 Å². The van der Waals surface area contributed by atoms with Gasteiger partial charge in [0, 0.05) is 17.1 Å². The molecule has 0 saturated carbocycles. The highest BCUT2D eigenvalue weighted by Crippen LogP contribution is 2.20. The topological polar surface area (TPSA) is 38.0 Å². The fourth-order valence-electron chi connectivity index (χ4n) is 3.23. The lowest BCUT2D eigenvalue weighted by Crippen LogP contribution is -2.47. The molecule has 0 aliphatic carbocycles. The molecule has 4 heteroatoms. The van der Waals surface area contributed by atoms with Crippen LogP contribution in [-0.4, -0.2) is 18.6 Å². The van der Waals surface area contributed by atoms with Crippen molar-refractivity contribution in [2.45, 2.75) is 51.6 Å². The summed E-state index contributed by atoms with van der Waals surface area (Å²) in [6.45, 7) is 5.34. The lowest BCUT2D eigenvalue weighted by atomic mass is 9.93. The standard InChI is InChI=1S/C22H30ClFN2/c1-16(2)13-22(26-12-6-9-17-7-4-3-5-8-17)21(25)14-18-10-11-19(24)15-20(18)23/h3-5,7-8,10-11,15-16,21-22,26H,6,9,12-14,25H2,1-2H3. The molecule has 26 heavy (non-hydrogen) atoms. The number of nitrogens with two attached hydrogens (primary N) is 1. The van der Waals surface area contributed by atoms with E-state index >= 15 is 0 Å². The fraction of sp³-hybridized carbons (Fsp3) is 0.455. The van der Waals surface area contributed by atoms with Crippen molar-refractivity contribution in [3.8, 4) is 0 Å². The third-order valence-electron chi connectivity index (χ3n) is 4.60. The van der Waals surface area contributed by atoms with E-state index in [1.165, 1.54) is 17.7 Å². The van der Waals surface area contributed by atoms with Crippen LogP contribution < -0.4 is 11.1 Å². The van der Waals surface area contributed by atoms with Gasteiger partial charge in [0.15, 0.2) is 0 Å². The van der Waals surface area contributed by atoms with Crippen molar-refractivity contribution in [1.29, 1.82) is 0 Å². The molecular formula is C22H30ClFN2. The predicted octanol–water partition coefficient (Wildman–Crippen LogP) is 4.99. The van der Waals surface area contributed by atoms with Gasteiger partial charge in [-0.3, -0.25) is 0 Å². The van der Waals surface area contributed by atoms with Crippen molar-refractivity contribution in [2.24, 2.45) is 11.7 Å². The molecule has 2 atom stereocenters. The van der Waals surface area contributed by atoms with Gasteiger partial charge in [-0.2, -0.15) is 0 Å². The zero-order chi connectivity index (χ0) is 18.9. The number of aryl methyl sites for hydroxylation is 1. The molecule has 0 aromatic heterocycles. The van der Waals surface area contributed by atoms with Crippen LogP contribution in [0.15, 0.2) is 48.5 Å². The summed E-state index contributed by atoms with van der Waals surface area (Å²) < 4.78 is 13.2. The minimum absolute atomic E-state index is 0.0583. The van der Waals surface area contributed by atoms with Crippen molar-refractivity contribution in [1.82, 2.24) is 5.32 Å². The number of benzene rings is 2. The molecule has 2 unspecified atom stereocenters. The van der Waals surface area contributed by atoms with E-state index < -0.39 is 0 Å². The van der Waals surface area contributed by atoms with Gasteiger partial charge in [-0.25, -0.2) is 4.39 Å². The van der Waals surface area contributed by atoms with E-state index in [0.29, 0.717) is 17.4 Å². The molecule has 0 fully saturated rings. The Kier molecular flexibility index (Phi) is 8.56. The highest BCUT2D eigenvalue weighted by molar-refractivity contribution is 6.31. The van der Waals surface area contributed by atoms with E-state index in [-0.39, 0.29) is 17.9 Å². The van der Waals surface area contributed by atoms with Gasteiger partial charge in [0.1, 0.15) is 5.82 Å². The molecule has 0 aliphatic heterocycles. The van der Waals surface area contributed by atoms with E-state index in [1.54, 1.807) is 6.07 Å². The number of halogens is 2. The number of hydrogen-bond donors (Lipinski definition) is 2. The lowest BCUT2D eigenvalue weighted by molar-refractivity contribution is 0.359. The number of hydrogen-bond acceptors (Lipinski definition) is 2. The van der Waals surface area contributed by atoms with E-state index in [4.69, 9.17) is 17.3 Å². The van der Waals surface area contributed by atoms with Crippen LogP contribution in [-0.2, 0) is 12.8 Å². The largest absolute Gasteiger partial charge is 0.326 e. The maximum atomic E-state index is 13.2. The molecule has 2 aromatic rings. The third-order valence-corrected chi connectivity index (χ3v) is 4.96. The first-order valence-corrected chi connectivity index (χ1v) is 9.80. The fourth-order valence-corrected chi connectivity index (χ4v) is 3.47. The van der Waals surface area contributed by atoms with Gasteiger partial charge in [-0.05, 0) is 61.4 Å². The summed E-state index contributed by atoms with van der Waals surface area (Å²) in [6.07, 6.45) is 3.78. The number of nitrogens with one attached hydrogen (secondary N) is 1. The van der Waals surface area contributed by atoms with Crippen LogP contribution in [0.25, 0.3) is 0 Å². The molecule has 0 heterocycles. The molecule has 0 spiro atoms. The van der Waals surface area contributed by atoms with Gasteiger partial charge in [-0.1, -0.05) is 61.8 Å². The Labute approximate surface area is 161 Å². The van der Waals surface area contributed by atoms with Crippen LogP contribution in [0.2, 0.25) is 5.02 Å². The zero-order valence-corrected chi connectivity index (χ0v) is 16.5. The molecule has 0 radical (unpaired) electrons. The number of rotatable bonds is 10. The second-order valence-electron chi connectivity index (χ2n) is 7.38. The zero-order valence-electron chi connectivity index (χ0n) is 15.7. The Morgan fingerprint density at radius 1 is 1.12 bits per heavy atom. The van der Waals surface area contributed by atoms with Crippen molar-refractivity contribution in [2.75, 3.05) is 6.54 Å². The van der Waals surface area contributed by atoms with E-state index in [2.05, 4.69) is 43.4 Å². The van der Waals surface area contributed by atoms with Gasteiger partial charge in [0.05, 0.1) is 0 Å². The second kappa shape index (κ2) is 10.7. The molecule has 0 saturated heterocycles. The van der Waals surface area contributed by atoms with Gasteiger partial charge in [0.2, 0.25) is 0 Å². The van der Waals surface area contributed by atoms with Crippen LogP contribution in [0.1, 0.15) is 37.8 Å². The van der Waals surface area contributed by atoms with Crippen molar-refractivity contribution in [3.63, 3.8) is 0 Å². The van der Waals surface area contributed by atoms with Gasteiger partial charge < -0.3 is 11.1 Å². The SMILES string of the molecule is CC(C)CC(NCCCc1ccccc1)C(N)Cc1ccc(F)cc1Cl. The van der Waals surface area contributed by atoms with Crippen LogP contribution in [0.5, 0.6) is 0 Å². The molecular weight excluding hydrogens is 347 g/mol. The summed E-state index contributed by atoms with van der Waals surface area (Å²) in [5.41, 5.74) is 8.75. The normalized spacial score (nSPS) is 13.8. The Morgan fingerprint density at radius 2 is 1.85 bits per heavy atom. The minimum atomic E-state index is -0.315. The predicted molar refractivity (Wildman–Crippen MR) is 109 cm³/mol. The summed E-state index contributed by atoms with van der Waals surface area (Å²) in [7, 11) is 0. The molecule has 3 N–H and O–H groups in total.